The first kappa shape index (κ1) is 20.7. The van der Waals surface area contributed by atoms with Crippen LogP contribution in [0.15, 0.2) is 11.6 Å². The molecule has 0 heterocycles. The van der Waals surface area contributed by atoms with E-state index in [1.807, 2.05) is 0 Å². The van der Waals surface area contributed by atoms with Crippen molar-refractivity contribution < 1.29 is 4.79 Å². The standard InChI is InChI=1S/C27H44O/c1-18(2)8-6-9-19(3)22-14-15-23-21-13-12-20-10-7-11-25(28)27(20,5)24(21)16-17-26(22,23)4/h12,18-19,21-24H,6-11,13-17H2,1-5H3/t19-,21+,22-,23+,24+,26-,27+/m1/s1. The molecular weight excluding hydrogens is 340 g/mol. The number of rotatable bonds is 5. The summed E-state index contributed by atoms with van der Waals surface area (Å²) in [6.07, 6.45) is 16.6. The minimum Gasteiger partial charge on any atom is -0.299 e. The van der Waals surface area contributed by atoms with Gasteiger partial charge in [0, 0.05) is 6.42 Å². The van der Waals surface area contributed by atoms with E-state index in [1.165, 1.54) is 63.4 Å². The van der Waals surface area contributed by atoms with Crippen LogP contribution in [0.25, 0.3) is 0 Å². The Morgan fingerprint density at radius 1 is 1.04 bits per heavy atom. The van der Waals surface area contributed by atoms with E-state index in [2.05, 4.69) is 40.7 Å². The van der Waals surface area contributed by atoms with Crippen LogP contribution < -0.4 is 0 Å². The number of Topliss-reactive ketones (excluding diaryl/α,β-unsaturated/α-hetero) is 1. The van der Waals surface area contributed by atoms with E-state index in [1.54, 1.807) is 0 Å². The zero-order valence-electron chi connectivity index (χ0n) is 19.2. The molecule has 0 aliphatic heterocycles. The molecule has 0 aromatic rings. The van der Waals surface area contributed by atoms with E-state index < -0.39 is 0 Å². The van der Waals surface area contributed by atoms with Crippen LogP contribution in [0, 0.1) is 46.3 Å². The molecule has 158 valence electrons. The first-order chi connectivity index (χ1) is 13.3. The van der Waals surface area contributed by atoms with Gasteiger partial charge in [-0.1, -0.05) is 58.6 Å². The number of hydrogen-bond acceptors (Lipinski definition) is 1. The third-order valence-electron chi connectivity index (χ3n) is 10.1. The molecule has 0 spiro atoms. The Labute approximate surface area is 174 Å². The summed E-state index contributed by atoms with van der Waals surface area (Å²) >= 11 is 0. The van der Waals surface area contributed by atoms with Gasteiger partial charge in [-0.2, -0.15) is 0 Å². The number of hydrogen-bond donors (Lipinski definition) is 0. The van der Waals surface area contributed by atoms with Gasteiger partial charge in [-0.3, -0.25) is 4.79 Å². The molecule has 0 unspecified atom stereocenters. The molecule has 28 heavy (non-hydrogen) atoms. The molecule has 0 amide bonds. The van der Waals surface area contributed by atoms with E-state index in [0.29, 0.717) is 17.1 Å². The predicted molar refractivity (Wildman–Crippen MR) is 118 cm³/mol. The van der Waals surface area contributed by atoms with Gasteiger partial charge < -0.3 is 0 Å². The molecular formula is C27H44O. The maximum absolute atomic E-state index is 13.1. The summed E-state index contributed by atoms with van der Waals surface area (Å²) in [6, 6.07) is 0. The molecule has 0 N–H and O–H groups in total. The molecule has 0 bridgehead atoms. The van der Waals surface area contributed by atoms with Gasteiger partial charge >= 0.3 is 0 Å². The highest BCUT2D eigenvalue weighted by Gasteiger charge is 2.60. The first-order valence-electron chi connectivity index (χ1n) is 12.5. The van der Waals surface area contributed by atoms with E-state index >= 15 is 0 Å². The minimum absolute atomic E-state index is 0.108. The van der Waals surface area contributed by atoms with Gasteiger partial charge in [0.15, 0.2) is 0 Å². The summed E-state index contributed by atoms with van der Waals surface area (Å²) in [5.74, 6) is 5.44. The van der Waals surface area contributed by atoms with Gasteiger partial charge in [-0.25, -0.2) is 0 Å². The smallest absolute Gasteiger partial charge is 0.143 e. The maximum atomic E-state index is 13.1. The Hall–Kier alpha value is -0.590. The summed E-state index contributed by atoms with van der Waals surface area (Å²) < 4.78 is 0. The second-order valence-corrected chi connectivity index (χ2v) is 11.9. The van der Waals surface area contributed by atoms with Gasteiger partial charge in [0.25, 0.3) is 0 Å². The van der Waals surface area contributed by atoms with Crippen LogP contribution >= 0.6 is 0 Å². The molecule has 0 radical (unpaired) electrons. The Morgan fingerprint density at radius 3 is 2.57 bits per heavy atom. The lowest BCUT2D eigenvalue weighted by atomic mass is 9.47. The van der Waals surface area contributed by atoms with Crippen LogP contribution in [0.3, 0.4) is 0 Å². The van der Waals surface area contributed by atoms with Gasteiger partial charge in [0.1, 0.15) is 5.78 Å². The van der Waals surface area contributed by atoms with Crippen LogP contribution in [0.1, 0.15) is 105 Å². The van der Waals surface area contributed by atoms with Crippen molar-refractivity contribution >= 4 is 5.78 Å². The van der Waals surface area contributed by atoms with E-state index in [9.17, 15) is 4.79 Å². The number of carbonyl (C=O) groups excluding carboxylic acids is 1. The maximum Gasteiger partial charge on any atom is 0.143 e. The zero-order chi connectivity index (χ0) is 20.1. The quantitative estimate of drug-likeness (QED) is 0.446. The van der Waals surface area contributed by atoms with Crippen LogP contribution in [0.4, 0.5) is 0 Å². The highest BCUT2D eigenvalue weighted by Crippen LogP contribution is 2.66. The molecule has 1 nitrogen and oxygen atoms in total. The van der Waals surface area contributed by atoms with Crippen molar-refractivity contribution in [2.24, 2.45) is 46.3 Å². The lowest BCUT2D eigenvalue weighted by Crippen LogP contribution is -2.52. The largest absolute Gasteiger partial charge is 0.299 e. The molecule has 4 rings (SSSR count). The fraction of sp³-hybridized carbons (Fsp3) is 0.889. The van der Waals surface area contributed by atoms with Gasteiger partial charge in [0.2, 0.25) is 0 Å². The second-order valence-electron chi connectivity index (χ2n) is 11.9. The first-order valence-corrected chi connectivity index (χ1v) is 12.5. The molecule has 3 saturated carbocycles. The van der Waals surface area contributed by atoms with Crippen molar-refractivity contribution in [3.05, 3.63) is 11.6 Å². The highest BCUT2D eigenvalue weighted by molar-refractivity contribution is 5.89. The average molecular weight is 385 g/mol. The molecule has 7 atom stereocenters. The van der Waals surface area contributed by atoms with Crippen molar-refractivity contribution in [3.8, 4) is 0 Å². The van der Waals surface area contributed by atoms with Gasteiger partial charge in [-0.05, 0) is 92.8 Å². The van der Waals surface area contributed by atoms with Gasteiger partial charge in [-0.15, -0.1) is 0 Å². The minimum atomic E-state index is -0.108. The van der Waals surface area contributed by atoms with Crippen LogP contribution in [0.2, 0.25) is 0 Å². The molecule has 0 aromatic carbocycles. The zero-order valence-corrected chi connectivity index (χ0v) is 19.2. The molecule has 1 heteroatoms. The topological polar surface area (TPSA) is 17.1 Å². The molecule has 3 fully saturated rings. The number of ketones is 1. The summed E-state index contributed by atoms with van der Waals surface area (Å²) in [4.78, 5) is 13.1. The molecule has 0 aromatic heterocycles. The fourth-order valence-electron chi connectivity index (χ4n) is 8.53. The summed E-state index contributed by atoms with van der Waals surface area (Å²) in [7, 11) is 0. The fourth-order valence-corrected chi connectivity index (χ4v) is 8.53. The third-order valence-corrected chi connectivity index (χ3v) is 10.1. The molecule has 4 aliphatic carbocycles. The molecule has 4 aliphatic rings. The Bertz CT molecular complexity index is 630. The van der Waals surface area contributed by atoms with Crippen LogP contribution in [0.5, 0.6) is 0 Å². The lowest BCUT2D eigenvalue weighted by molar-refractivity contribution is -0.136. The Balaban J connectivity index is 1.52. The van der Waals surface area contributed by atoms with Crippen LogP contribution in [-0.4, -0.2) is 5.78 Å². The van der Waals surface area contributed by atoms with Crippen molar-refractivity contribution in [2.75, 3.05) is 0 Å². The third kappa shape index (κ3) is 3.14. The second kappa shape index (κ2) is 7.59. The number of allylic oxidation sites excluding steroid dienone is 2. The van der Waals surface area contributed by atoms with E-state index in [0.717, 1.165) is 42.4 Å². The van der Waals surface area contributed by atoms with E-state index in [4.69, 9.17) is 0 Å². The van der Waals surface area contributed by atoms with Gasteiger partial charge in [0.05, 0.1) is 5.41 Å². The monoisotopic (exact) mass is 384 g/mol. The summed E-state index contributed by atoms with van der Waals surface area (Å²) in [5, 5.41) is 0. The number of fused-ring (bicyclic) bond motifs is 5. The SMILES string of the molecule is CC(C)CCC[C@@H](C)[C@H]1CC[C@H]2[C@@H]3CC=C4CCCC(=O)[C@]4(C)[C@H]3CC[C@]12C. The van der Waals surface area contributed by atoms with Crippen molar-refractivity contribution in [2.45, 2.75) is 105 Å². The van der Waals surface area contributed by atoms with Crippen molar-refractivity contribution in [3.63, 3.8) is 0 Å². The summed E-state index contributed by atoms with van der Waals surface area (Å²) in [5.41, 5.74) is 1.94. The number of carbonyl (C=O) groups is 1. The van der Waals surface area contributed by atoms with Crippen LogP contribution in [-0.2, 0) is 4.79 Å². The highest BCUT2D eigenvalue weighted by atomic mass is 16.1. The Morgan fingerprint density at radius 2 is 1.82 bits per heavy atom. The predicted octanol–water partition coefficient (Wildman–Crippen LogP) is 7.60. The van der Waals surface area contributed by atoms with E-state index in [-0.39, 0.29) is 5.41 Å². The Kier molecular flexibility index (Phi) is 5.60. The summed E-state index contributed by atoms with van der Waals surface area (Å²) in [6.45, 7) is 12.2. The molecule has 0 saturated heterocycles. The normalized spacial score (nSPS) is 43.9. The lowest BCUT2D eigenvalue weighted by Gasteiger charge is -2.57. The van der Waals surface area contributed by atoms with Crippen molar-refractivity contribution in [1.29, 1.82) is 0 Å². The van der Waals surface area contributed by atoms with Crippen molar-refractivity contribution in [1.82, 2.24) is 0 Å². The average Bonchev–Trinajstić information content (AvgIpc) is 3.00.